The molecule has 1 heterocycles. The zero-order valence-corrected chi connectivity index (χ0v) is 28.3. The molecule has 1 aromatic carbocycles. The molecule has 220 valence electrons. The van der Waals surface area contributed by atoms with Crippen molar-refractivity contribution in [3.63, 3.8) is 0 Å². The van der Waals surface area contributed by atoms with Gasteiger partial charge in [0, 0.05) is 12.3 Å². The van der Waals surface area contributed by atoms with Gasteiger partial charge in [0.2, 0.25) is 0 Å². The van der Waals surface area contributed by atoms with Crippen LogP contribution >= 0.6 is 0 Å². The zero-order valence-electron chi connectivity index (χ0n) is 26.3. The second-order valence-electron chi connectivity index (χ2n) is 13.3. The maximum Gasteiger partial charge on any atom is 0.307 e. The summed E-state index contributed by atoms with van der Waals surface area (Å²) in [5.74, 6) is 0.680. The van der Waals surface area contributed by atoms with Crippen LogP contribution in [0, 0.1) is 10.1 Å². The lowest BCUT2D eigenvalue weighted by molar-refractivity contribution is -0.384. The summed E-state index contributed by atoms with van der Waals surface area (Å²) in [6, 6.07) is 1.26. The number of nitrogens with zero attached hydrogens (tertiary/aromatic N) is 2. The Balaban J connectivity index is 2.87. The molecule has 0 spiro atoms. The molecule has 0 saturated carbocycles. The summed E-state index contributed by atoms with van der Waals surface area (Å²) < 4.78 is 19.5. The molecule has 0 radical (unpaired) electrons. The van der Waals surface area contributed by atoms with Crippen LogP contribution in [0.3, 0.4) is 0 Å². The quantitative estimate of drug-likeness (QED) is 0.106. The Hall–Kier alpha value is -2.18. The first-order chi connectivity index (χ1) is 17.8. The number of hydrogen-bond donors (Lipinski definition) is 0. The summed E-state index contributed by atoms with van der Waals surface area (Å²) >= 11 is 0. The number of methoxy groups -OCH3 is 1. The predicted molar refractivity (Wildman–Crippen MR) is 165 cm³/mol. The highest BCUT2D eigenvalue weighted by molar-refractivity contribution is 6.78. The van der Waals surface area contributed by atoms with E-state index in [4.69, 9.17) is 13.6 Å². The third kappa shape index (κ3) is 6.43. The fourth-order valence-electron chi connectivity index (χ4n) is 5.71. The minimum Gasteiger partial charge on any atom is -0.539 e. The van der Waals surface area contributed by atoms with Crippen LogP contribution in [-0.2, 0) is 4.43 Å². The van der Waals surface area contributed by atoms with Crippen LogP contribution in [0.15, 0.2) is 17.8 Å². The molecule has 2 rings (SSSR count). The van der Waals surface area contributed by atoms with E-state index in [1.54, 1.807) is 0 Å². The molecule has 1 aliphatic heterocycles. The Morgan fingerprint density at radius 2 is 1.67 bits per heavy atom. The van der Waals surface area contributed by atoms with Crippen LogP contribution < -0.4 is 14.1 Å². The van der Waals surface area contributed by atoms with Gasteiger partial charge in [-0.15, -0.1) is 0 Å². The lowest BCUT2D eigenvalue weighted by Crippen LogP contribution is -2.51. The number of carbonyl (C=O) groups is 1. The first-order valence-electron chi connectivity index (χ1n) is 14.0. The van der Waals surface area contributed by atoms with Crippen molar-refractivity contribution in [2.75, 3.05) is 18.6 Å². The van der Waals surface area contributed by atoms with Gasteiger partial charge in [0.1, 0.15) is 0 Å². The van der Waals surface area contributed by atoms with Crippen molar-refractivity contribution in [3.05, 3.63) is 33.5 Å². The molecule has 8 nitrogen and oxygen atoms in total. The van der Waals surface area contributed by atoms with Crippen LogP contribution in [0.1, 0.15) is 86.0 Å². The van der Waals surface area contributed by atoms with Crippen LogP contribution in [0.5, 0.6) is 11.5 Å². The van der Waals surface area contributed by atoms with Crippen LogP contribution in [0.4, 0.5) is 11.4 Å². The van der Waals surface area contributed by atoms with Crippen molar-refractivity contribution in [3.8, 4) is 11.5 Å². The number of nitro groups is 1. The van der Waals surface area contributed by atoms with Gasteiger partial charge in [-0.3, -0.25) is 14.9 Å². The minimum atomic E-state index is -2.56. The highest BCUT2D eigenvalue weighted by atomic mass is 28.4. The van der Waals surface area contributed by atoms with E-state index in [1.807, 2.05) is 18.0 Å². The third-order valence-corrected chi connectivity index (χ3v) is 19.2. The lowest BCUT2D eigenvalue weighted by atomic mass is 10.1. The summed E-state index contributed by atoms with van der Waals surface area (Å²) in [4.78, 5) is 26.2. The lowest BCUT2D eigenvalue weighted by Gasteiger charge is -2.43. The van der Waals surface area contributed by atoms with Crippen molar-refractivity contribution in [1.29, 1.82) is 0 Å². The zero-order chi connectivity index (χ0) is 30.1. The molecule has 0 saturated heterocycles. The maximum atomic E-state index is 12.6. The van der Waals surface area contributed by atoms with E-state index in [9.17, 15) is 14.9 Å². The Bertz CT molecular complexity index is 1070. The number of hydrogen-bond acceptors (Lipinski definition) is 7. The average molecular weight is 579 g/mol. The van der Waals surface area contributed by atoms with E-state index in [2.05, 4.69) is 75.4 Å². The number of rotatable bonds is 12. The average Bonchev–Trinajstić information content (AvgIpc) is 3.18. The van der Waals surface area contributed by atoms with Gasteiger partial charge in [-0.05, 0) is 48.1 Å². The minimum absolute atomic E-state index is 0.0246. The maximum absolute atomic E-state index is 12.6. The van der Waals surface area contributed by atoms with Gasteiger partial charge in [0.05, 0.1) is 30.2 Å². The van der Waals surface area contributed by atoms with Gasteiger partial charge < -0.3 is 18.5 Å². The Labute approximate surface area is 237 Å². The molecule has 0 aliphatic carbocycles. The predicted octanol–water partition coefficient (Wildman–Crippen LogP) is 8.47. The first kappa shape index (κ1) is 33.0. The van der Waals surface area contributed by atoms with E-state index < -0.39 is 21.6 Å². The summed E-state index contributed by atoms with van der Waals surface area (Å²) in [5.41, 5.74) is 1.75. The molecule has 1 aromatic rings. The normalized spacial score (nSPS) is 16.8. The highest BCUT2D eigenvalue weighted by Crippen LogP contribution is 2.53. The van der Waals surface area contributed by atoms with E-state index in [0.717, 1.165) is 5.57 Å². The molecule has 39 heavy (non-hydrogen) atoms. The Kier molecular flexibility index (Phi) is 10.3. The van der Waals surface area contributed by atoms with Crippen molar-refractivity contribution < 1.29 is 23.3 Å². The molecule has 0 N–H and O–H groups in total. The monoisotopic (exact) mass is 578 g/mol. The number of benzene rings is 1. The Morgan fingerprint density at radius 3 is 2.08 bits per heavy atom. The number of anilines is 1. The van der Waals surface area contributed by atoms with Crippen molar-refractivity contribution >= 4 is 34.3 Å². The van der Waals surface area contributed by atoms with Crippen molar-refractivity contribution in [2.45, 2.75) is 116 Å². The molecular formula is C29H50N2O6Si2. The van der Waals surface area contributed by atoms with Crippen molar-refractivity contribution in [1.82, 2.24) is 0 Å². The second kappa shape index (κ2) is 12.1. The van der Waals surface area contributed by atoms with Gasteiger partial charge in [0.15, 0.2) is 31.8 Å². The van der Waals surface area contributed by atoms with E-state index in [0.29, 0.717) is 30.8 Å². The summed E-state index contributed by atoms with van der Waals surface area (Å²) in [7, 11) is -3.13. The smallest absolute Gasteiger partial charge is 0.307 e. The van der Waals surface area contributed by atoms with E-state index in [-0.39, 0.29) is 44.6 Å². The molecular weight excluding hydrogens is 528 g/mol. The number of nitro benzene ring substituents is 1. The summed E-state index contributed by atoms with van der Waals surface area (Å²) in [5, 5.41) is 12.6. The SMILES string of the molecule is COc1cc(C=O)c([N+](=O)[O-])c(N2C=C(C)C[C@H]2CO[Si](C)(C)C(C)(C)C)c1O[Si](C(C)C)(C(C)C)C(C)C. The van der Waals surface area contributed by atoms with Gasteiger partial charge >= 0.3 is 5.69 Å². The van der Waals surface area contributed by atoms with Crippen LogP contribution in [0.2, 0.25) is 34.8 Å². The Morgan fingerprint density at radius 1 is 1.13 bits per heavy atom. The first-order valence-corrected chi connectivity index (χ1v) is 19.0. The molecule has 0 amide bonds. The third-order valence-electron chi connectivity index (χ3n) is 8.75. The molecule has 1 atom stereocenters. The molecule has 10 heteroatoms. The fraction of sp³-hybridized carbons (Fsp3) is 0.690. The standard InChI is InChI=1S/C29H50N2O6Si2/c1-19(2)39(20(3)4,21(5)6)37-28-25(35-11)15-23(17-32)26(31(33)34)27(28)30-16-22(7)14-24(30)18-36-38(12,13)29(8,9)10/h15-17,19-21,24H,14,18H2,1-13H3/t24-/m0/s1. The molecule has 1 aliphatic rings. The molecule has 0 bridgehead atoms. The largest absolute Gasteiger partial charge is 0.539 e. The number of carbonyl (C=O) groups excluding carboxylic acids is 1. The molecule has 0 fully saturated rings. The van der Waals surface area contributed by atoms with E-state index in [1.165, 1.54) is 13.2 Å². The topological polar surface area (TPSA) is 91.1 Å². The number of aldehydes is 1. The van der Waals surface area contributed by atoms with E-state index >= 15 is 0 Å². The van der Waals surface area contributed by atoms with Crippen LogP contribution in [-0.4, -0.2) is 47.6 Å². The fourth-order valence-corrected chi connectivity index (χ4v) is 12.0. The van der Waals surface area contributed by atoms with Gasteiger partial charge in [-0.25, -0.2) is 0 Å². The highest BCUT2D eigenvalue weighted by Gasteiger charge is 2.49. The number of ether oxygens (including phenoxy) is 1. The van der Waals surface area contributed by atoms with Gasteiger partial charge in [-0.2, -0.15) is 0 Å². The van der Waals surface area contributed by atoms with Gasteiger partial charge in [0.25, 0.3) is 8.32 Å². The second-order valence-corrected chi connectivity index (χ2v) is 23.5. The summed E-state index contributed by atoms with van der Waals surface area (Å²) in [6.45, 7) is 26.4. The molecule has 0 aromatic heterocycles. The summed E-state index contributed by atoms with van der Waals surface area (Å²) in [6.07, 6.45) is 3.16. The van der Waals surface area contributed by atoms with Gasteiger partial charge in [-0.1, -0.05) is 67.9 Å². The van der Waals surface area contributed by atoms with Crippen LogP contribution in [0.25, 0.3) is 0 Å². The van der Waals surface area contributed by atoms with Crippen molar-refractivity contribution in [2.24, 2.45) is 0 Å². The molecule has 0 unspecified atom stereocenters.